The van der Waals surface area contributed by atoms with Gasteiger partial charge in [-0.15, -0.1) is 0 Å². The van der Waals surface area contributed by atoms with E-state index in [1.54, 1.807) is 6.92 Å². The SMILES string of the molecule is Cc1ccc(S(=O)(=O)CCOCCO)cc1C(=O)O. The number of aromatic carboxylic acids is 1. The van der Waals surface area contributed by atoms with Crippen molar-refractivity contribution in [1.82, 2.24) is 0 Å². The van der Waals surface area contributed by atoms with Gasteiger partial charge in [0, 0.05) is 0 Å². The number of carbonyl (C=O) groups is 1. The molecule has 0 radical (unpaired) electrons. The van der Waals surface area contributed by atoms with Gasteiger partial charge in [0.2, 0.25) is 0 Å². The van der Waals surface area contributed by atoms with Crippen LogP contribution in [0.15, 0.2) is 23.1 Å². The van der Waals surface area contributed by atoms with E-state index in [4.69, 9.17) is 14.9 Å². The van der Waals surface area contributed by atoms with Gasteiger partial charge in [-0.3, -0.25) is 0 Å². The van der Waals surface area contributed by atoms with E-state index in [0.717, 1.165) is 6.07 Å². The Morgan fingerprint density at radius 3 is 2.58 bits per heavy atom. The first-order chi connectivity index (χ1) is 8.88. The highest BCUT2D eigenvalue weighted by molar-refractivity contribution is 7.91. The van der Waals surface area contributed by atoms with E-state index in [1.165, 1.54) is 12.1 Å². The summed E-state index contributed by atoms with van der Waals surface area (Å²) in [6.07, 6.45) is 0. The molecule has 0 aliphatic carbocycles. The Morgan fingerprint density at radius 1 is 1.32 bits per heavy atom. The van der Waals surface area contributed by atoms with Crippen LogP contribution in [0, 0.1) is 6.92 Å². The Balaban J connectivity index is 2.89. The standard InChI is InChI=1S/C12H16O6S/c1-9-2-3-10(8-11(9)12(14)15)19(16,17)7-6-18-5-4-13/h2-3,8,13H,4-7H2,1H3,(H,14,15). The Morgan fingerprint density at radius 2 is 2.00 bits per heavy atom. The fourth-order valence-electron chi connectivity index (χ4n) is 1.48. The Bertz CT molecular complexity index is 549. The van der Waals surface area contributed by atoms with Crippen LogP contribution in [0.3, 0.4) is 0 Å². The van der Waals surface area contributed by atoms with E-state index in [2.05, 4.69) is 0 Å². The fraction of sp³-hybridized carbons (Fsp3) is 0.417. The lowest BCUT2D eigenvalue weighted by molar-refractivity contribution is 0.0696. The summed E-state index contributed by atoms with van der Waals surface area (Å²) in [5, 5.41) is 17.5. The van der Waals surface area contributed by atoms with Crippen LogP contribution in [0.1, 0.15) is 15.9 Å². The van der Waals surface area contributed by atoms with E-state index < -0.39 is 15.8 Å². The number of ether oxygens (including phenoxy) is 1. The van der Waals surface area contributed by atoms with Crippen LogP contribution < -0.4 is 0 Å². The zero-order valence-corrected chi connectivity index (χ0v) is 11.3. The summed E-state index contributed by atoms with van der Waals surface area (Å²) < 4.78 is 28.8. The minimum Gasteiger partial charge on any atom is -0.478 e. The van der Waals surface area contributed by atoms with Crippen molar-refractivity contribution in [2.75, 3.05) is 25.6 Å². The highest BCUT2D eigenvalue weighted by Gasteiger charge is 2.17. The molecule has 19 heavy (non-hydrogen) atoms. The van der Waals surface area contributed by atoms with Crippen molar-refractivity contribution in [2.45, 2.75) is 11.8 Å². The van der Waals surface area contributed by atoms with E-state index in [-0.39, 0.29) is 36.0 Å². The minimum atomic E-state index is -3.58. The summed E-state index contributed by atoms with van der Waals surface area (Å²) in [6, 6.07) is 3.99. The Kier molecular flexibility index (Phi) is 5.46. The molecule has 1 rings (SSSR count). The number of sulfone groups is 1. The van der Waals surface area contributed by atoms with Crippen molar-refractivity contribution in [3.8, 4) is 0 Å². The molecule has 0 aliphatic rings. The first-order valence-electron chi connectivity index (χ1n) is 5.64. The number of carboxylic acids is 1. The Hall–Kier alpha value is -1.44. The van der Waals surface area contributed by atoms with Gasteiger partial charge in [-0.2, -0.15) is 0 Å². The number of aryl methyl sites for hydroxylation is 1. The first-order valence-corrected chi connectivity index (χ1v) is 7.29. The maximum absolute atomic E-state index is 11.9. The van der Waals surface area contributed by atoms with Gasteiger partial charge in [0.15, 0.2) is 9.84 Å². The van der Waals surface area contributed by atoms with Crippen LogP contribution in [0.25, 0.3) is 0 Å². The molecule has 0 amide bonds. The zero-order chi connectivity index (χ0) is 14.5. The normalized spacial score (nSPS) is 11.5. The number of aliphatic hydroxyl groups is 1. The van der Waals surface area contributed by atoms with E-state index in [1.807, 2.05) is 0 Å². The topological polar surface area (TPSA) is 101 Å². The third-order valence-electron chi connectivity index (χ3n) is 2.53. The number of rotatable bonds is 7. The summed E-state index contributed by atoms with van der Waals surface area (Å²) in [7, 11) is -3.58. The predicted octanol–water partition coefficient (Wildman–Crippen LogP) is 0.476. The lowest BCUT2D eigenvalue weighted by Gasteiger charge is -2.07. The van der Waals surface area contributed by atoms with Gasteiger partial charge in [0.05, 0.1) is 36.0 Å². The second kappa shape index (κ2) is 6.65. The molecule has 0 unspecified atom stereocenters. The minimum absolute atomic E-state index is 0.0302. The molecule has 0 fully saturated rings. The van der Waals surface area contributed by atoms with Gasteiger partial charge >= 0.3 is 5.97 Å². The summed E-state index contributed by atoms with van der Waals surface area (Å²) in [5.74, 6) is -1.42. The van der Waals surface area contributed by atoms with Crippen LogP contribution in [0.2, 0.25) is 0 Å². The second-order valence-electron chi connectivity index (χ2n) is 3.94. The molecule has 0 spiro atoms. The number of carboxylic acid groups (broad SMARTS) is 1. The number of benzene rings is 1. The zero-order valence-electron chi connectivity index (χ0n) is 10.5. The molecule has 1 aromatic carbocycles. The Labute approximate surface area is 111 Å². The quantitative estimate of drug-likeness (QED) is 0.708. The average Bonchev–Trinajstić information content (AvgIpc) is 2.34. The molecule has 106 valence electrons. The van der Waals surface area contributed by atoms with Crippen molar-refractivity contribution in [1.29, 1.82) is 0 Å². The fourth-order valence-corrected chi connectivity index (χ4v) is 2.62. The summed E-state index contributed by atoms with van der Waals surface area (Å²) in [5.41, 5.74) is 0.473. The van der Waals surface area contributed by atoms with Crippen LogP contribution >= 0.6 is 0 Å². The second-order valence-corrected chi connectivity index (χ2v) is 6.05. The molecular formula is C12H16O6S. The molecule has 1 aromatic rings. The van der Waals surface area contributed by atoms with Crippen molar-refractivity contribution in [2.24, 2.45) is 0 Å². The number of hydrogen-bond donors (Lipinski definition) is 2. The summed E-state index contributed by atoms with van der Waals surface area (Å²) in [6.45, 7) is 1.46. The van der Waals surface area contributed by atoms with E-state index in [0.29, 0.717) is 5.56 Å². The van der Waals surface area contributed by atoms with Gasteiger partial charge in [-0.25, -0.2) is 13.2 Å². The van der Waals surface area contributed by atoms with E-state index in [9.17, 15) is 13.2 Å². The average molecular weight is 288 g/mol. The molecule has 0 aromatic heterocycles. The molecule has 0 aliphatic heterocycles. The van der Waals surface area contributed by atoms with E-state index >= 15 is 0 Å². The lowest BCUT2D eigenvalue weighted by atomic mass is 10.1. The molecule has 6 nitrogen and oxygen atoms in total. The molecule has 0 saturated heterocycles. The predicted molar refractivity (Wildman–Crippen MR) is 68.1 cm³/mol. The molecule has 7 heteroatoms. The summed E-state index contributed by atoms with van der Waals surface area (Å²) in [4.78, 5) is 10.9. The van der Waals surface area contributed by atoms with Crippen LogP contribution in [-0.4, -0.2) is 50.2 Å². The van der Waals surface area contributed by atoms with Crippen LogP contribution in [-0.2, 0) is 14.6 Å². The molecule has 0 heterocycles. The molecule has 0 saturated carbocycles. The molecule has 2 N–H and O–H groups in total. The van der Waals surface area contributed by atoms with Gasteiger partial charge < -0.3 is 14.9 Å². The van der Waals surface area contributed by atoms with Crippen molar-refractivity contribution in [3.05, 3.63) is 29.3 Å². The van der Waals surface area contributed by atoms with Crippen LogP contribution in [0.5, 0.6) is 0 Å². The van der Waals surface area contributed by atoms with Gasteiger partial charge in [-0.05, 0) is 24.6 Å². The lowest BCUT2D eigenvalue weighted by Crippen LogP contribution is -2.14. The largest absolute Gasteiger partial charge is 0.478 e. The molecule has 0 bridgehead atoms. The number of aliphatic hydroxyl groups excluding tert-OH is 1. The third-order valence-corrected chi connectivity index (χ3v) is 4.21. The molecular weight excluding hydrogens is 272 g/mol. The van der Waals surface area contributed by atoms with Gasteiger partial charge in [-0.1, -0.05) is 6.07 Å². The van der Waals surface area contributed by atoms with Gasteiger partial charge in [0.1, 0.15) is 0 Å². The monoisotopic (exact) mass is 288 g/mol. The van der Waals surface area contributed by atoms with Crippen molar-refractivity contribution >= 4 is 15.8 Å². The van der Waals surface area contributed by atoms with Gasteiger partial charge in [0.25, 0.3) is 0 Å². The van der Waals surface area contributed by atoms with Crippen molar-refractivity contribution < 1.29 is 28.2 Å². The smallest absolute Gasteiger partial charge is 0.335 e. The first kappa shape index (κ1) is 15.6. The highest BCUT2D eigenvalue weighted by atomic mass is 32.2. The highest BCUT2D eigenvalue weighted by Crippen LogP contribution is 2.17. The maximum atomic E-state index is 11.9. The maximum Gasteiger partial charge on any atom is 0.335 e. The molecule has 0 atom stereocenters. The third kappa shape index (κ3) is 4.30. The van der Waals surface area contributed by atoms with Crippen LogP contribution in [0.4, 0.5) is 0 Å². The summed E-state index contributed by atoms with van der Waals surface area (Å²) >= 11 is 0. The number of hydrogen-bond acceptors (Lipinski definition) is 5. The van der Waals surface area contributed by atoms with Crippen molar-refractivity contribution in [3.63, 3.8) is 0 Å².